The van der Waals surface area contributed by atoms with Gasteiger partial charge in [0.2, 0.25) is 0 Å². The standard InChI is InChI=1S/2C48H30N2/c1-3-14-31(15-4-1)43-28-34(29-44(49-43)32-16-5-2-6-17-32)33-26-27-41-46(30-33)50-45-25-12-9-20-37(45)38-21-13-24-42(47(38)50)48(41)39-22-10-7-18-35(39)36-19-8-11-23-40(36)48;1-3-14-31(15-4-1)43-29-34(30-44(49-43)32-16-5-2-6-17-32)33-26-27-46-42(28-33)48(39-22-10-7-18-35(39)36-19-8-11-23-40(36)48)41-24-13-21-38-37-20-9-12-25-45(37)50(46)47(38)41/h2*1-30H. The van der Waals surface area contributed by atoms with E-state index in [1.807, 2.05) is 0 Å². The summed E-state index contributed by atoms with van der Waals surface area (Å²) in [5.74, 6) is 0. The molecule has 18 aromatic rings. The Kier molecular flexibility index (Phi) is 12.2. The average Bonchev–Trinajstić information content (AvgIpc) is 1.49. The van der Waals surface area contributed by atoms with Gasteiger partial charge in [0.25, 0.3) is 0 Å². The molecule has 4 heteroatoms. The molecule has 0 bridgehead atoms. The minimum absolute atomic E-state index is 0.451. The highest BCUT2D eigenvalue weighted by Gasteiger charge is 2.52. The van der Waals surface area contributed by atoms with Gasteiger partial charge in [-0.05, 0) is 144 Å². The molecule has 4 aromatic heterocycles. The van der Waals surface area contributed by atoms with Crippen LogP contribution in [0.1, 0.15) is 44.5 Å². The Morgan fingerprint density at radius 2 is 0.510 bits per heavy atom. The van der Waals surface area contributed by atoms with Crippen molar-refractivity contribution in [1.82, 2.24) is 19.1 Å². The molecule has 2 aliphatic heterocycles. The number of rotatable bonds is 6. The van der Waals surface area contributed by atoms with Crippen LogP contribution in [0, 0.1) is 0 Å². The van der Waals surface area contributed by atoms with Crippen molar-refractivity contribution in [3.05, 3.63) is 408 Å². The quantitative estimate of drug-likeness (QED) is 0.166. The minimum Gasteiger partial charge on any atom is -0.309 e. The molecule has 0 atom stereocenters. The maximum Gasteiger partial charge on any atom is 0.0754 e. The fraction of sp³-hybridized carbons (Fsp3) is 0.0208. The number of benzene rings is 14. The lowest BCUT2D eigenvalue weighted by Crippen LogP contribution is -2.33. The summed E-state index contributed by atoms with van der Waals surface area (Å²) in [5, 5.41) is 5.14. The van der Waals surface area contributed by atoms with Gasteiger partial charge in [0.15, 0.2) is 0 Å². The van der Waals surface area contributed by atoms with Gasteiger partial charge >= 0.3 is 0 Å². The largest absolute Gasteiger partial charge is 0.309 e. The highest BCUT2D eigenvalue weighted by molar-refractivity contribution is 6.14. The molecule has 6 heterocycles. The van der Waals surface area contributed by atoms with E-state index in [2.05, 4.69) is 373 Å². The molecule has 2 spiro atoms. The second-order valence-electron chi connectivity index (χ2n) is 27.0. The number of nitrogens with zero attached hydrogens (tertiary/aromatic N) is 4. The van der Waals surface area contributed by atoms with Crippen molar-refractivity contribution in [3.63, 3.8) is 0 Å². The summed E-state index contributed by atoms with van der Waals surface area (Å²) < 4.78 is 5.05. The number of fused-ring (bicyclic) bond motifs is 24. The predicted octanol–water partition coefficient (Wildman–Crippen LogP) is 23.7. The van der Waals surface area contributed by atoms with Crippen molar-refractivity contribution >= 4 is 43.6 Å². The Morgan fingerprint density at radius 1 is 0.190 bits per heavy atom. The first-order valence-electron chi connectivity index (χ1n) is 34.6. The normalized spacial score (nSPS) is 13.4. The molecule has 464 valence electrons. The SMILES string of the molecule is c1ccc(-c2cc(-c3ccc4c(c3)-n3c5ccccc5c5cccc(c53)C43c4ccccc4-c4ccccc43)cc(-c3ccccc3)n2)cc1.c1ccc(-c2cc(-c3ccc4c(c3)C3(c5ccccc5-c5ccccc53)c3cccc5c6ccccc6n-4c35)cc(-c3ccccc3)n2)cc1. The smallest absolute Gasteiger partial charge is 0.0754 e. The number of hydrogen-bond donors (Lipinski definition) is 0. The Labute approximate surface area is 579 Å². The first-order chi connectivity index (χ1) is 49.6. The Morgan fingerprint density at radius 3 is 0.930 bits per heavy atom. The van der Waals surface area contributed by atoms with Gasteiger partial charge in [-0.3, -0.25) is 0 Å². The predicted molar refractivity (Wildman–Crippen MR) is 411 cm³/mol. The van der Waals surface area contributed by atoms with Crippen LogP contribution in [0.4, 0.5) is 0 Å². The van der Waals surface area contributed by atoms with Crippen LogP contribution < -0.4 is 0 Å². The summed E-state index contributed by atoms with van der Waals surface area (Å²) in [6.07, 6.45) is 0. The Balaban J connectivity index is 0.000000131. The zero-order valence-corrected chi connectivity index (χ0v) is 54.4. The molecule has 0 unspecified atom stereocenters. The van der Waals surface area contributed by atoms with E-state index in [0.29, 0.717) is 0 Å². The summed E-state index contributed by atoms with van der Waals surface area (Å²) in [5.41, 5.74) is 35.4. The lowest BCUT2D eigenvalue weighted by Gasteiger charge is -2.40. The van der Waals surface area contributed by atoms with E-state index in [4.69, 9.17) is 9.97 Å². The van der Waals surface area contributed by atoms with E-state index in [9.17, 15) is 0 Å². The van der Waals surface area contributed by atoms with Crippen molar-refractivity contribution < 1.29 is 0 Å². The summed E-state index contributed by atoms with van der Waals surface area (Å²) in [7, 11) is 0. The highest BCUT2D eigenvalue weighted by atomic mass is 15.0. The third-order valence-electron chi connectivity index (χ3n) is 22.0. The van der Waals surface area contributed by atoms with Gasteiger partial charge in [0.05, 0.1) is 67.0 Å². The molecule has 0 saturated heterocycles. The molecule has 14 aromatic carbocycles. The third kappa shape index (κ3) is 7.93. The number of aromatic nitrogens is 4. The van der Waals surface area contributed by atoms with E-state index in [0.717, 1.165) is 56.2 Å². The minimum atomic E-state index is -0.486. The molecule has 0 radical (unpaired) electrons. The van der Waals surface area contributed by atoms with E-state index in [1.165, 1.54) is 133 Å². The van der Waals surface area contributed by atoms with Gasteiger partial charge in [-0.15, -0.1) is 0 Å². The van der Waals surface area contributed by atoms with Crippen LogP contribution in [-0.2, 0) is 10.8 Å². The van der Waals surface area contributed by atoms with Gasteiger partial charge in [-0.2, -0.15) is 0 Å². The molecule has 2 aliphatic carbocycles. The molecular weight excluding hydrogens is 1210 g/mol. The van der Waals surface area contributed by atoms with Crippen molar-refractivity contribution in [2.24, 2.45) is 0 Å². The summed E-state index contributed by atoms with van der Waals surface area (Å²) in [4.78, 5) is 10.4. The molecule has 0 amide bonds. The van der Waals surface area contributed by atoms with E-state index < -0.39 is 10.8 Å². The third-order valence-corrected chi connectivity index (χ3v) is 22.0. The Bertz CT molecular complexity index is 6190. The summed E-state index contributed by atoms with van der Waals surface area (Å²) >= 11 is 0. The fourth-order valence-electron chi connectivity index (χ4n) is 17.9. The monoisotopic (exact) mass is 1270 g/mol. The fourth-order valence-corrected chi connectivity index (χ4v) is 17.9. The number of pyridine rings is 2. The zero-order valence-electron chi connectivity index (χ0n) is 54.4. The first-order valence-corrected chi connectivity index (χ1v) is 34.6. The van der Waals surface area contributed by atoms with Crippen molar-refractivity contribution in [3.8, 4) is 101 Å². The molecule has 0 N–H and O–H groups in total. The van der Waals surface area contributed by atoms with Crippen LogP contribution in [0.15, 0.2) is 364 Å². The van der Waals surface area contributed by atoms with Crippen LogP contribution in [0.25, 0.3) is 145 Å². The van der Waals surface area contributed by atoms with Crippen LogP contribution in [0.5, 0.6) is 0 Å². The van der Waals surface area contributed by atoms with E-state index in [-0.39, 0.29) is 0 Å². The van der Waals surface area contributed by atoms with E-state index in [1.54, 1.807) is 0 Å². The van der Waals surface area contributed by atoms with Crippen LogP contribution in [0.2, 0.25) is 0 Å². The lowest BCUT2D eigenvalue weighted by atomic mass is 9.65. The number of hydrogen-bond acceptors (Lipinski definition) is 2. The van der Waals surface area contributed by atoms with Crippen LogP contribution in [-0.4, -0.2) is 19.1 Å². The Hall–Kier alpha value is -13.0. The molecule has 4 aliphatic rings. The van der Waals surface area contributed by atoms with Gasteiger partial charge in [0.1, 0.15) is 0 Å². The van der Waals surface area contributed by atoms with Crippen LogP contribution >= 0.6 is 0 Å². The topological polar surface area (TPSA) is 35.6 Å². The summed E-state index contributed by atoms with van der Waals surface area (Å²) in [6, 6.07) is 133. The average molecular weight is 1270 g/mol. The molecule has 22 rings (SSSR count). The molecule has 4 nitrogen and oxygen atoms in total. The maximum absolute atomic E-state index is 5.20. The zero-order chi connectivity index (χ0) is 65.6. The second-order valence-corrected chi connectivity index (χ2v) is 27.0. The van der Waals surface area contributed by atoms with Crippen molar-refractivity contribution in [2.75, 3.05) is 0 Å². The highest BCUT2D eigenvalue weighted by Crippen LogP contribution is 2.63. The van der Waals surface area contributed by atoms with Crippen LogP contribution in [0.3, 0.4) is 0 Å². The molecule has 0 saturated carbocycles. The first kappa shape index (κ1) is 56.2. The molecule has 100 heavy (non-hydrogen) atoms. The van der Waals surface area contributed by atoms with Gasteiger partial charge in [0, 0.05) is 43.8 Å². The number of para-hydroxylation sites is 4. The lowest BCUT2D eigenvalue weighted by molar-refractivity contribution is 0.748. The molecular formula is C96H60N4. The van der Waals surface area contributed by atoms with Crippen molar-refractivity contribution in [1.29, 1.82) is 0 Å². The molecule has 0 fully saturated rings. The van der Waals surface area contributed by atoms with Crippen molar-refractivity contribution in [2.45, 2.75) is 10.8 Å². The summed E-state index contributed by atoms with van der Waals surface area (Å²) in [6.45, 7) is 0. The van der Waals surface area contributed by atoms with Gasteiger partial charge in [-0.25, -0.2) is 9.97 Å². The maximum atomic E-state index is 5.20. The second kappa shape index (κ2) is 21.7. The van der Waals surface area contributed by atoms with Gasteiger partial charge in [-0.1, -0.05) is 309 Å². The van der Waals surface area contributed by atoms with Gasteiger partial charge < -0.3 is 9.13 Å². The van der Waals surface area contributed by atoms with E-state index >= 15 is 0 Å².